The fourth-order valence-corrected chi connectivity index (χ4v) is 2.69. The summed E-state index contributed by atoms with van der Waals surface area (Å²) in [5.41, 5.74) is 1.33. The number of nitrogens with zero attached hydrogens (tertiary/aromatic N) is 2. The molecule has 0 bridgehead atoms. The normalized spacial score (nSPS) is 16.6. The van der Waals surface area contributed by atoms with Crippen LogP contribution in [-0.2, 0) is 4.74 Å². The third kappa shape index (κ3) is 5.08. The van der Waals surface area contributed by atoms with Crippen molar-refractivity contribution in [2.75, 3.05) is 50.8 Å². The average molecular weight is 341 g/mol. The molecule has 1 aromatic rings. The summed E-state index contributed by atoms with van der Waals surface area (Å²) in [4.78, 5) is 4.96. The number of unbranched alkanes of at least 4 members (excludes halogenated alkanes) is 1. The Morgan fingerprint density at radius 2 is 1.75 bits per heavy atom. The van der Waals surface area contributed by atoms with Crippen molar-refractivity contribution in [3.8, 4) is 0 Å². The summed E-state index contributed by atoms with van der Waals surface area (Å²) < 4.78 is 6.78. The number of rotatable bonds is 7. The lowest BCUT2D eigenvalue weighted by molar-refractivity contribution is 0.0994. The van der Waals surface area contributed by atoms with E-state index in [9.17, 15) is 0 Å². The third-order valence-electron chi connectivity index (χ3n) is 3.76. The van der Waals surface area contributed by atoms with Crippen molar-refractivity contribution in [3.05, 3.63) is 28.7 Å². The number of hydrogen-bond donors (Lipinski definition) is 0. The molecule has 4 heteroatoms. The van der Waals surface area contributed by atoms with Crippen molar-refractivity contribution in [1.29, 1.82) is 0 Å². The predicted molar refractivity (Wildman–Crippen MR) is 88.5 cm³/mol. The highest BCUT2D eigenvalue weighted by Crippen LogP contribution is 2.19. The Kier molecular flexibility index (Phi) is 6.83. The molecule has 1 heterocycles. The van der Waals surface area contributed by atoms with Gasteiger partial charge in [-0.1, -0.05) is 29.3 Å². The first-order valence-electron chi connectivity index (χ1n) is 7.60. The lowest BCUT2D eigenvalue weighted by Gasteiger charge is -2.36. The van der Waals surface area contributed by atoms with Gasteiger partial charge in [-0.25, -0.2) is 0 Å². The van der Waals surface area contributed by atoms with Crippen LogP contribution in [0.2, 0.25) is 0 Å². The number of piperazine rings is 1. The highest BCUT2D eigenvalue weighted by Gasteiger charge is 2.16. The quantitative estimate of drug-likeness (QED) is 0.707. The molecule has 1 fully saturated rings. The molecule has 20 heavy (non-hydrogen) atoms. The van der Waals surface area contributed by atoms with Gasteiger partial charge in [-0.15, -0.1) is 0 Å². The smallest absolute Gasteiger partial charge is 0.0593 e. The summed E-state index contributed by atoms with van der Waals surface area (Å²) in [6, 6.07) is 8.60. The van der Waals surface area contributed by atoms with Crippen LogP contribution < -0.4 is 4.90 Å². The molecular weight excluding hydrogens is 316 g/mol. The Labute approximate surface area is 131 Å². The van der Waals surface area contributed by atoms with Gasteiger partial charge in [0.25, 0.3) is 0 Å². The largest absolute Gasteiger partial charge is 0.380 e. The molecule has 0 amide bonds. The SMILES string of the molecule is CCCCOCCN1CCN(c2ccc(Br)cc2)CC1. The zero-order chi connectivity index (χ0) is 14.2. The second kappa shape index (κ2) is 8.65. The summed E-state index contributed by atoms with van der Waals surface area (Å²) in [5, 5.41) is 0. The molecule has 1 aromatic carbocycles. The second-order valence-electron chi connectivity index (χ2n) is 5.27. The highest BCUT2D eigenvalue weighted by atomic mass is 79.9. The van der Waals surface area contributed by atoms with E-state index in [-0.39, 0.29) is 0 Å². The molecule has 112 valence electrons. The Balaban J connectivity index is 1.66. The van der Waals surface area contributed by atoms with Crippen LogP contribution in [0.1, 0.15) is 19.8 Å². The average Bonchev–Trinajstić information content (AvgIpc) is 2.49. The third-order valence-corrected chi connectivity index (χ3v) is 4.29. The molecule has 0 saturated carbocycles. The lowest BCUT2D eigenvalue weighted by Crippen LogP contribution is -2.47. The summed E-state index contributed by atoms with van der Waals surface area (Å²) in [6.07, 6.45) is 2.39. The molecule has 0 unspecified atom stereocenters. The van der Waals surface area contributed by atoms with Gasteiger partial charge in [0.2, 0.25) is 0 Å². The fraction of sp³-hybridized carbons (Fsp3) is 0.625. The molecule has 2 rings (SSSR count). The fourth-order valence-electron chi connectivity index (χ4n) is 2.42. The molecule has 3 nitrogen and oxygen atoms in total. The number of ether oxygens (including phenoxy) is 1. The summed E-state index contributed by atoms with van der Waals surface area (Å²) in [6.45, 7) is 9.53. The molecule has 0 N–H and O–H groups in total. The molecule has 0 atom stereocenters. The van der Waals surface area contributed by atoms with Crippen LogP contribution in [0.3, 0.4) is 0 Å². The van der Waals surface area contributed by atoms with E-state index in [1.54, 1.807) is 0 Å². The van der Waals surface area contributed by atoms with Gasteiger partial charge in [-0.3, -0.25) is 4.90 Å². The van der Waals surface area contributed by atoms with E-state index in [1.165, 1.54) is 18.5 Å². The Morgan fingerprint density at radius 1 is 1.05 bits per heavy atom. The Bertz CT molecular complexity index is 375. The monoisotopic (exact) mass is 340 g/mol. The van der Waals surface area contributed by atoms with Crippen LogP contribution in [-0.4, -0.2) is 50.8 Å². The van der Waals surface area contributed by atoms with Crippen molar-refractivity contribution >= 4 is 21.6 Å². The zero-order valence-corrected chi connectivity index (χ0v) is 13.9. The van der Waals surface area contributed by atoms with Gasteiger partial charge in [-0.2, -0.15) is 0 Å². The van der Waals surface area contributed by atoms with Crippen molar-refractivity contribution in [2.24, 2.45) is 0 Å². The molecule has 1 saturated heterocycles. The van der Waals surface area contributed by atoms with Gasteiger partial charge in [0.15, 0.2) is 0 Å². The molecular formula is C16H25BrN2O. The molecule has 1 aliphatic heterocycles. The number of hydrogen-bond acceptors (Lipinski definition) is 3. The van der Waals surface area contributed by atoms with Gasteiger partial charge in [0.05, 0.1) is 6.61 Å². The molecule has 0 spiro atoms. The highest BCUT2D eigenvalue weighted by molar-refractivity contribution is 9.10. The predicted octanol–water partition coefficient (Wildman–Crippen LogP) is 3.39. The summed E-state index contributed by atoms with van der Waals surface area (Å²) in [5.74, 6) is 0. The lowest BCUT2D eigenvalue weighted by atomic mass is 10.2. The topological polar surface area (TPSA) is 15.7 Å². The van der Waals surface area contributed by atoms with Gasteiger partial charge in [0, 0.05) is 49.5 Å². The van der Waals surface area contributed by atoms with E-state index in [4.69, 9.17) is 4.74 Å². The van der Waals surface area contributed by atoms with Crippen molar-refractivity contribution in [2.45, 2.75) is 19.8 Å². The van der Waals surface area contributed by atoms with Gasteiger partial charge >= 0.3 is 0 Å². The van der Waals surface area contributed by atoms with Crippen LogP contribution in [0.25, 0.3) is 0 Å². The zero-order valence-electron chi connectivity index (χ0n) is 12.4. The Hall–Kier alpha value is -0.580. The van der Waals surface area contributed by atoms with Crippen molar-refractivity contribution in [3.63, 3.8) is 0 Å². The second-order valence-corrected chi connectivity index (χ2v) is 6.19. The summed E-state index contributed by atoms with van der Waals surface area (Å²) in [7, 11) is 0. The molecule has 0 aromatic heterocycles. The van der Waals surface area contributed by atoms with Gasteiger partial charge < -0.3 is 9.64 Å². The minimum absolute atomic E-state index is 0.873. The number of benzene rings is 1. The first-order chi connectivity index (χ1) is 9.79. The minimum atomic E-state index is 0.873. The van der Waals surface area contributed by atoms with E-state index in [0.717, 1.165) is 50.4 Å². The first kappa shape index (κ1) is 15.8. The van der Waals surface area contributed by atoms with E-state index in [1.807, 2.05) is 0 Å². The van der Waals surface area contributed by atoms with E-state index >= 15 is 0 Å². The van der Waals surface area contributed by atoms with Crippen LogP contribution in [0.4, 0.5) is 5.69 Å². The molecule has 1 aliphatic rings. The van der Waals surface area contributed by atoms with Crippen molar-refractivity contribution < 1.29 is 4.74 Å². The van der Waals surface area contributed by atoms with Gasteiger partial charge in [0.1, 0.15) is 0 Å². The van der Waals surface area contributed by atoms with E-state index < -0.39 is 0 Å². The maximum atomic E-state index is 5.64. The maximum absolute atomic E-state index is 5.64. The maximum Gasteiger partial charge on any atom is 0.0593 e. The Morgan fingerprint density at radius 3 is 2.40 bits per heavy atom. The molecule has 0 aliphatic carbocycles. The number of anilines is 1. The van der Waals surface area contributed by atoms with E-state index in [0.29, 0.717) is 0 Å². The number of halogens is 1. The van der Waals surface area contributed by atoms with Crippen LogP contribution >= 0.6 is 15.9 Å². The van der Waals surface area contributed by atoms with E-state index in [2.05, 4.69) is 56.9 Å². The van der Waals surface area contributed by atoms with Crippen LogP contribution in [0.5, 0.6) is 0 Å². The van der Waals surface area contributed by atoms with Crippen molar-refractivity contribution in [1.82, 2.24) is 4.90 Å². The molecule has 0 radical (unpaired) electrons. The minimum Gasteiger partial charge on any atom is -0.380 e. The van der Waals surface area contributed by atoms with Crippen LogP contribution in [0.15, 0.2) is 28.7 Å². The van der Waals surface area contributed by atoms with Gasteiger partial charge in [-0.05, 0) is 30.7 Å². The summed E-state index contributed by atoms with van der Waals surface area (Å²) >= 11 is 3.48. The standard InChI is InChI=1S/C16H25BrN2O/c1-2-3-13-20-14-12-18-8-10-19(11-9-18)16-6-4-15(17)5-7-16/h4-7H,2-3,8-14H2,1H3. The first-order valence-corrected chi connectivity index (χ1v) is 8.39. The van der Waals surface area contributed by atoms with Crippen LogP contribution in [0, 0.1) is 0 Å².